The predicted octanol–water partition coefficient (Wildman–Crippen LogP) is 5.56. The number of allylic oxidation sites excluding steroid dienone is 4. The standard InChI is InChI=1S/C23H19F4N3O2/c1-12-17(11-28)21(15-9-8-14(10-18(15)24)23(25,26)27)20(13(2)30(12)22(29)31)16-6-4-5-7-19(16)32-3/h4-10,21H,1-3H3,(H2,29,31). The first-order chi connectivity index (χ1) is 15.0. The Bertz CT molecular complexity index is 1190. The fourth-order valence-electron chi connectivity index (χ4n) is 4.00. The van der Waals surface area contributed by atoms with Gasteiger partial charge in [-0.15, -0.1) is 0 Å². The zero-order valence-electron chi connectivity index (χ0n) is 17.4. The van der Waals surface area contributed by atoms with Gasteiger partial charge in [0, 0.05) is 22.5 Å². The number of rotatable bonds is 3. The van der Waals surface area contributed by atoms with Gasteiger partial charge in [-0.05, 0) is 37.6 Å². The second kappa shape index (κ2) is 8.38. The minimum atomic E-state index is -4.73. The van der Waals surface area contributed by atoms with E-state index in [-0.39, 0.29) is 16.8 Å². The van der Waals surface area contributed by atoms with Crippen molar-refractivity contribution in [3.63, 3.8) is 0 Å². The number of primary amides is 1. The van der Waals surface area contributed by atoms with Crippen LogP contribution in [0.3, 0.4) is 0 Å². The van der Waals surface area contributed by atoms with Crippen LogP contribution in [0.25, 0.3) is 5.57 Å². The largest absolute Gasteiger partial charge is 0.496 e. The molecule has 1 heterocycles. The number of ether oxygens (including phenoxy) is 1. The van der Waals surface area contributed by atoms with E-state index in [0.29, 0.717) is 28.6 Å². The summed E-state index contributed by atoms with van der Waals surface area (Å²) in [4.78, 5) is 13.3. The van der Waals surface area contributed by atoms with Gasteiger partial charge in [0.1, 0.15) is 11.6 Å². The molecule has 2 aromatic carbocycles. The van der Waals surface area contributed by atoms with Crippen molar-refractivity contribution in [3.05, 3.63) is 81.9 Å². The second-order valence-electron chi connectivity index (χ2n) is 7.15. The van der Waals surface area contributed by atoms with Crippen LogP contribution in [0.4, 0.5) is 22.4 Å². The topological polar surface area (TPSA) is 79.3 Å². The van der Waals surface area contributed by atoms with Crippen LogP contribution in [-0.2, 0) is 6.18 Å². The maximum absolute atomic E-state index is 15.1. The summed E-state index contributed by atoms with van der Waals surface area (Å²) in [5, 5.41) is 9.90. The zero-order chi connectivity index (χ0) is 23.8. The summed E-state index contributed by atoms with van der Waals surface area (Å²) in [5.41, 5.74) is 5.47. The molecule has 0 saturated carbocycles. The van der Waals surface area contributed by atoms with Crippen molar-refractivity contribution in [2.24, 2.45) is 5.73 Å². The number of carbonyl (C=O) groups is 1. The number of hydrogen-bond acceptors (Lipinski definition) is 3. The Hall–Kier alpha value is -3.80. The molecule has 1 aliphatic heterocycles. The lowest BCUT2D eigenvalue weighted by atomic mass is 9.77. The quantitative estimate of drug-likeness (QED) is 0.629. The Balaban J connectivity index is 2.37. The summed E-state index contributed by atoms with van der Waals surface area (Å²) < 4.78 is 59.7. The molecule has 1 atom stereocenters. The molecule has 166 valence electrons. The molecule has 0 saturated heterocycles. The van der Waals surface area contributed by atoms with Crippen LogP contribution in [0, 0.1) is 17.1 Å². The van der Waals surface area contributed by atoms with Crippen molar-refractivity contribution in [1.29, 1.82) is 5.26 Å². The molecular formula is C23H19F4N3O2. The summed E-state index contributed by atoms with van der Waals surface area (Å²) in [7, 11) is 1.42. The van der Waals surface area contributed by atoms with E-state index in [1.165, 1.54) is 14.0 Å². The Morgan fingerprint density at radius 2 is 1.81 bits per heavy atom. The molecular weight excluding hydrogens is 426 g/mol. The number of nitrogens with zero attached hydrogens (tertiary/aromatic N) is 2. The van der Waals surface area contributed by atoms with E-state index in [1.54, 1.807) is 31.2 Å². The van der Waals surface area contributed by atoms with Gasteiger partial charge in [0.2, 0.25) is 0 Å². The van der Waals surface area contributed by atoms with Gasteiger partial charge in [-0.2, -0.15) is 18.4 Å². The number of methoxy groups -OCH3 is 1. The van der Waals surface area contributed by atoms with E-state index >= 15 is 4.39 Å². The monoisotopic (exact) mass is 445 g/mol. The molecule has 1 unspecified atom stereocenters. The number of amides is 2. The number of nitriles is 1. The third-order valence-electron chi connectivity index (χ3n) is 5.40. The van der Waals surface area contributed by atoms with Crippen LogP contribution in [0.1, 0.15) is 36.5 Å². The van der Waals surface area contributed by atoms with Crippen molar-refractivity contribution in [1.82, 2.24) is 4.90 Å². The molecule has 5 nitrogen and oxygen atoms in total. The van der Waals surface area contributed by atoms with E-state index in [1.807, 2.05) is 6.07 Å². The van der Waals surface area contributed by atoms with E-state index < -0.39 is 29.5 Å². The van der Waals surface area contributed by atoms with Gasteiger partial charge in [0.25, 0.3) is 0 Å². The molecule has 2 amide bonds. The van der Waals surface area contributed by atoms with Gasteiger partial charge < -0.3 is 10.5 Å². The number of nitrogens with two attached hydrogens (primary N) is 1. The SMILES string of the molecule is COc1ccccc1C1=C(C)N(C(N)=O)C(C)=C(C#N)C1c1ccc(C(F)(F)F)cc1F. The Labute approximate surface area is 182 Å². The fraction of sp³-hybridized carbons (Fsp3) is 0.217. The van der Waals surface area contributed by atoms with Gasteiger partial charge in [-0.3, -0.25) is 4.90 Å². The van der Waals surface area contributed by atoms with Crippen LogP contribution in [-0.4, -0.2) is 18.0 Å². The second-order valence-corrected chi connectivity index (χ2v) is 7.15. The number of urea groups is 1. The lowest BCUT2D eigenvalue weighted by Crippen LogP contribution is -2.37. The Morgan fingerprint density at radius 3 is 2.34 bits per heavy atom. The smallest absolute Gasteiger partial charge is 0.416 e. The number of carbonyl (C=O) groups excluding carboxylic acids is 1. The molecule has 1 aliphatic rings. The molecule has 0 spiro atoms. The van der Waals surface area contributed by atoms with E-state index in [4.69, 9.17) is 10.5 Å². The number of alkyl halides is 3. The van der Waals surface area contributed by atoms with Crippen LogP contribution in [0.2, 0.25) is 0 Å². The average Bonchev–Trinajstić information content (AvgIpc) is 2.72. The molecule has 3 rings (SSSR count). The molecule has 0 aromatic heterocycles. The number of hydrogen-bond donors (Lipinski definition) is 1. The minimum Gasteiger partial charge on any atom is -0.496 e. The fourth-order valence-corrected chi connectivity index (χ4v) is 4.00. The first-order valence-electron chi connectivity index (χ1n) is 9.44. The zero-order valence-corrected chi connectivity index (χ0v) is 17.4. The Morgan fingerprint density at radius 1 is 1.16 bits per heavy atom. The maximum Gasteiger partial charge on any atom is 0.416 e. The average molecular weight is 445 g/mol. The maximum atomic E-state index is 15.1. The van der Waals surface area contributed by atoms with Gasteiger partial charge in [-0.1, -0.05) is 24.3 Å². The number of para-hydroxylation sites is 1. The van der Waals surface area contributed by atoms with Crippen LogP contribution in [0.15, 0.2) is 59.4 Å². The van der Waals surface area contributed by atoms with Gasteiger partial charge in [0.05, 0.1) is 30.2 Å². The van der Waals surface area contributed by atoms with Gasteiger partial charge in [-0.25, -0.2) is 9.18 Å². The van der Waals surface area contributed by atoms with Crippen LogP contribution in [0.5, 0.6) is 5.75 Å². The lowest BCUT2D eigenvalue weighted by molar-refractivity contribution is -0.137. The molecule has 2 N–H and O–H groups in total. The van der Waals surface area contributed by atoms with Crippen molar-refractivity contribution < 1.29 is 27.1 Å². The van der Waals surface area contributed by atoms with Gasteiger partial charge in [0.15, 0.2) is 0 Å². The molecule has 0 radical (unpaired) electrons. The van der Waals surface area contributed by atoms with Crippen LogP contribution < -0.4 is 10.5 Å². The van der Waals surface area contributed by atoms with Crippen LogP contribution >= 0.6 is 0 Å². The van der Waals surface area contributed by atoms with Crippen molar-refractivity contribution in [2.45, 2.75) is 25.9 Å². The third kappa shape index (κ3) is 3.80. The molecule has 0 fully saturated rings. The summed E-state index contributed by atoms with van der Waals surface area (Å²) in [6.07, 6.45) is -4.73. The first-order valence-corrected chi connectivity index (χ1v) is 9.44. The first kappa shape index (κ1) is 22.9. The number of halogens is 4. The molecule has 0 aliphatic carbocycles. The van der Waals surface area contributed by atoms with Gasteiger partial charge >= 0.3 is 12.2 Å². The predicted molar refractivity (Wildman–Crippen MR) is 109 cm³/mol. The molecule has 2 aromatic rings. The highest BCUT2D eigenvalue weighted by Gasteiger charge is 2.39. The summed E-state index contributed by atoms with van der Waals surface area (Å²) >= 11 is 0. The van der Waals surface area contributed by atoms with E-state index in [0.717, 1.165) is 17.0 Å². The van der Waals surface area contributed by atoms with Crippen molar-refractivity contribution in [2.75, 3.05) is 7.11 Å². The van der Waals surface area contributed by atoms with Crippen molar-refractivity contribution >= 4 is 11.6 Å². The molecule has 0 bridgehead atoms. The van der Waals surface area contributed by atoms with Crippen molar-refractivity contribution in [3.8, 4) is 11.8 Å². The third-order valence-corrected chi connectivity index (χ3v) is 5.40. The molecule has 9 heteroatoms. The summed E-state index contributed by atoms with van der Waals surface area (Å²) in [6, 6.07) is 9.98. The highest BCUT2D eigenvalue weighted by molar-refractivity contribution is 5.88. The highest BCUT2D eigenvalue weighted by atomic mass is 19.4. The highest BCUT2D eigenvalue weighted by Crippen LogP contribution is 2.49. The lowest BCUT2D eigenvalue weighted by Gasteiger charge is -2.36. The Kier molecular flexibility index (Phi) is 5.99. The van der Waals surface area contributed by atoms with E-state index in [2.05, 4.69) is 0 Å². The minimum absolute atomic E-state index is 0.0195. The summed E-state index contributed by atoms with van der Waals surface area (Å²) in [5.74, 6) is -1.84. The summed E-state index contributed by atoms with van der Waals surface area (Å²) in [6.45, 7) is 3.04. The number of benzene rings is 2. The van der Waals surface area contributed by atoms with E-state index in [9.17, 15) is 23.2 Å². The normalized spacial score (nSPS) is 16.8. The molecule has 32 heavy (non-hydrogen) atoms.